The number of nitro groups is 1. The molecule has 140 valence electrons. The minimum absolute atomic E-state index is 0.0351. The topological polar surface area (TPSA) is 75.5 Å². The molecule has 1 fully saturated rings. The summed E-state index contributed by atoms with van der Waals surface area (Å²) < 4.78 is 0. The average molecular weight is 365 g/mol. The van der Waals surface area contributed by atoms with Crippen molar-refractivity contribution in [2.45, 2.75) is 18.9 Å². The van der Waals surface area contributed by atoms with Crippen LogP contribution in [0.2, 0.25) is 0 Å². The molecule has 1 aliphatic heterocycles. The quantitative estimate of drug-likeness (QED) is 0.462. The SMILES string of the molecule is O=C(/C=C/c1ccc([N+](=O)[O-])cc1)NCC(c1ccccc1)N1CCCC1. The van der Waals surface area contributed by atoms with Crippen LogP contribution in [0.5, 0.6) is 0 Å². The van der Waals surface area contributed by atoms with E-state index in [4.69, 9.17) is 0 Å². The van der Waals surface area contributed by atoms with Crippen LogP contribution >= 0.6 is 0 Å². The zero-order chi connectivity index (χ0) is 19.1. The van der Waals surface area contributed by atoms with E-state index in [9.17, 15) is 14.9 Å². The molecule has 3 rings (SSSR count). The second-order valence-electron chi connectivity index (χ2n) is 6.60. The van der Waals surface area contributed by atoms with Crippen LogP contribution in [0.4, 0.5) is 5.69 Å². The van der Waals surface area contributed by atoms with Gasteiger partial charge in [-0.3, -0.25) is 19.8 Å². The van der Waals surface area contributed by atoms with Crippen molar-refractivity contribution in [1.29, 1.82) is 0 Å². The first-order valence-electron chi connectivity index (χ1n) is 9.13. The van der Waals surface area contributed by atoms with Gasteiger partial charge in [0, 0.05) is 24.8 Å². The Balaban J connectivity index is 1.59. The molecule has 1 unspecified atom stereocenters. The van der Waals surface area contributed by atoms with Gasteiger partial charge >= 0.3 is 0 Å². The van der Waals surface area contributed by atoms with Crippen LogP contribution < -0.4 is 5.32 Å². The molecule has 6 heteroatoms. The van der Waals surface area contributed by atoms with Gasteiger partial charge in [0.25, 0.3) is 5.69 Å². The molecule has 0 bridgehead atoms. The average Bonchev–Trinajstić information content (AvgIpc) is 3.22. The van der Waals surface area contributed by atoms with Gasteiger partial charge in [-0.25, -0.2) is 0 Å². The lowest BCUT2D eigenvalue weighted by Crippen LogP contribution is -2.36. The Morgan fingerprint density at radius 1 is 1.11 bits per heavy atom. The highest BCUT2D eigenvalue weighted by atomic mass is 16.6. The molecule has 0 spiro atoms. The first kappa shape index (κ1) is 18.8. The van der Waals surface area contributed by atoms with Crippen molar-refractivity contribution >= 4 is 17.7 Å². The zero-order valence-corrected chi connectivity index (χ0v) is 15.1. The second kappa shape index (κ2) is 9.09. The molecular formula is C21H23N3O3. The van der Waals surface area contributed by atoms with Crippen LogP contribution in [0.1, 0.15) is 30.0 Å². The molecule has 2 aromatic rings. The fourth-order valence-corrected chi connectivity index (χ4v) is 3.32. The Bertz CT molecular complexity index is 797. The molecule has 27 heavy (non-hydrogen) atoms. The van der Waals surface area contributed by atoms with E-state index in [1.54, 1.807) is 18.2 Å². The number of benzene rings is 2. The number of hydrogen-bond donors (Lipinski definition) is 1. The summed E-state index contributed by atoms with van der Waals surface area (Å²) in [6.45, 7) is 2.65. The van der Waals surface area contributed by atoms with Gasteiger partial charge in [0.05, 0.1) is 11.0 Å². The maximum atomic E-state index is 12.2. The Morgan fingerprint density at radius 2 is 1.78 bits per heavy atom. The van der Waals surface area contributed by atoms with Crippen molar-refractivity contribution in [2.75, 3.05) is 19.6 Å². The van der Waals surface area contributed by atoms with Gasteiger partial charge in [0.1, 0.15) is 0 Å². The third-order valence-electron chi connectivity index (χ3n) is 4.77. The maximum Gasteiger partial charge on any atom is 0.269 e. The summed E-state index contributed by atoms with van der Waals surface area (Å²) in [5.41, 5.74) is 1.99. The van der Waals surface area contributed by atoms with Crippen molar-refractivity contribution in [2.24, 2.45) is 0 Å². The summed E-state index contributed by atoms with van der Waals surface area (Å²) in [7, 11) is 0. The normalized spacial score (nSPS) is 15.7. The summed E-state index contributed by atoms with van der Waals surface area (Å²) in [5, 5.41) is 13.7. The highest BCUT2D eigenvalue weighted by molar-refractivity contribution is 5.91. The number of amides is 1. The molecule has 0 aliphatic carbocycles. The van der Waals surface area contributed by atoms with E-state index in [1.165, 1.54) is 36.6 Å². The molecule has 2 aromatic carbocycles. The van der Waals surface area contributed by atoms with Crippen molar-refractivity contribution in [3.05, 3.63) is 81.9 Å². The third-order valence-corrected chi connectivity index (χ3v) is 4.77. The molecule has 1 amide bonds. The van der Waals surface area contributed by atoms with Crippen LogP contribution in [0, 0.1) is 10.1 Å². The Kier molecular flexibility index (Phi) is 6.33. The molecule has 0 aromatic heterocycles. The summed E-state index contributed by atoms with van der Waals surface area (Å²) >= 11 is 0. The fourth-order valence-electron chi connectivity index (χ4n) is 3.32. The molecule has 1 heterocycles. The van der Waals surface area contributed by atoms with E-state index in [0.717, 1.165) is 18.7 Å². The minimum Gasteiger partial charge on any atom is -0.351 e. The summed E-state index contributed by atoms with van der Waals surface area (Å²) in [5.74, 6) is -0.173. The molecule has 1 atom stereocenters. The van der Waals surface area contributed by atoms with Gasteiger partial charge in [0.15, 0.2) is 0 Å². The van der Waals surface area contributed by atoms with E-state index in [2.05, 4.69) is 22.3 Å². The number of nitro benzene ring substituents is 1. The monoisotopic (exact) mass is 365 g/mol. The van der Waals surface area contributed by atoms with E-state index in [1.807, 2.05) is 18.2 Å². The fraction of sp³-hybridized carbons (Fsp3) is 0.286. The first-order chi connectivity index (χ1) is 13.1. The molecule has 1 saturated heterocycles. The Hall–Kier alpha value is -2.99. The van der Waals surface area contributed by atoms with Gasteiger partial charge in [-0.15, -0.1) is 0 Å². The van der Waals surface area contributed by atoms with Crippen LogP contribution in [0.15, 0.2) is 60.7 Å². The number of non-ortho nitro benzene ring substituents is 1. The number of likely N-dealkylation sites (tertiary alicyclic amines) is 1. The summed E-state index contributed by atoms with van der Waals surface area (Å²) in [6.07, 6.45) is 5.51. The number of carbonyl (C=O) groups is 1. The number of nitrogens with zero attached hydrogens (tertiary/aromatic N) is 2. The van der Waals surface area contributed by atoms with Crippen LogP contribution in [-0.4, -0.2) is 35.4 Å². The lowest BCUT2D eigenvalue weighted by molar-refractivity contribution is -0.384. The van der Waals surface area contributed by atoms with E-state index in [-0.39, 0.29) is 17.6 Å². The van der Waals surface area contributed by atoms with Gasteiger partial charge in [-0.2, -0.15) is 0 Å². The molecule has 0 saturated carbocycles. The molecular weight excluding hydrogens is 342 g/mol. The van der Waals surface area contributed by atoms with Crippen molar-refractivity contribution < 1.29 is 9.72 Å². The minimum atomic E-state index is -0.442. The zero-order valence-electron chi connectivity index (χ0n) is 15.1. The standard InChI is InChI=1S/C21H23N3O3/c25-21(13-10-17-8-11-19(12-9-17)24(26)27)22-16-20(23-14-4-5-15-23)18-6-2-1-3-7-18/h1-3,6-13,20H,4-5,14-16H2,(H,22,25)/b13-10+. The van der Waals surface area contributed by atoms with Gasteiger partial charge in [-0.05, 0) is 55.3 Å². The summed E-state index contributed by atoms with van der Waals surface area (Å²) in [4.78, 5) is 24.9. The van der Waals surface area contributed by atoms with Gasteiger partial charge < -0.3 is 5.32 Å². The Morgan fingerprint density at radius 3 is 2.41 bits per heavy atom. The first-order valence-corrected chi connectivity index (χ1v) is 9.13. The van der Waals surface area contributed by atoms with Gasteiger partial charge in [0.2, 0.25) is 5.91 Å². The smallest absolute Gasteiger partial charge is 0.269 e. The molecule has 0 radical (unpaired) electrons. The van der Waals surface area contributed by atoms with Crippen LogP contribution in [0.25, 0.3) is 6.08 Å². The number of carbonyl (C=O) groups excluding carboxylic acids is 1. The largest absolute Gasteiger partial charge is 0.351 e. The van der Waals surface area contributed by atoms with Crippen molar-refractivity contribution in [3.63, 3.8) is 0 Å². The molecule has 1 N–H and O–H groups in total. The predicted molar refractivity (Wildman–Crippen MR) is 105 cm³/mol. The Labute approximate surface area is 158 Å². The predicted octanol–water partition coefficient (Wildman–Crippen LogP) is 3.56. The van der Waals surface area contributed by atoms with Crippen molar-refractivity contribution in [1.82, 2.24) is 10.2 Å². The number of nitrogens with one attached hydrogen (secondary N) is 1. The lowest BCUT2D eigenvalue weighted by atomic mass is 10.1. The number of hydrogen-bond acceptors (Lipinski definition) is 4. The van der Waals surface area contributed by atoms with Crippen molar-refractivity contribution in [3.8, 4) is 0 Å². The third kappa shape index (κ3) is 5.24. The van der Waals surface area contributed by atoms with Crippen LogP contribution in [-0.2, 0) is 4.79 Å². The molecule has 6 nitrogen and oxygen atoms in total. The summed E-state index contributed by atoms with van der Waals surface area (Å²) in [6, 6.07) is 16.5. The van der Waals surface area contributed by atoms with Gasteiger partial charge in [-0.1, -0.05) is 30.3 Å². The second-order valence-corrected chi connectivity index (χ2v) is 6.60. The maximum absolute atomic E-state index is 12.2. The highest BCUT2D eigenvalue weighted by Crippen LogP contribution is 2.24. The number of rotatable bonds is 7. The molecule has 1 aliphatic rings. The lowest BCUT2D eigenvalue weighted by Gasteiger charge is -2.28. The van der Waals surface area contributed by atoms with E-state index >= 15 is 0 Å². The highest BCUT2D eigenvalue weighted by Gasteiger charge is 2.23. The van der Waals surface area contributed by atoms with E-state index in [0.29, 0.717) is 6.54 Å². The van der Waals surface area contributed by atoms with Crippen LogP contribution in [0.3, 0.4) is 0 Å². The van der Waals surface area contributed by atoms with E-state index < -0.39 is 4.92 Å².